The zero-order valence-electron chi connectivity index (χ0n) is 11.2. The maximum absolute atomic E-state index is 11.5. The lowest BCUT2D eigenvalue weighted by molar-refractivity contribution is 0.215. The number of hydrogen-bond acceptors (Lipinski definition) is 5. The highest BCUT2D eigenvalue weighted by Gasteiger charge is 2.28. The lowest BCUT2D eigenvalue weighted by Gasteiger charge is -2.33. The minimum Gasteiger partial charge on any atom is -0.504 e. The predicted octanol–water partition coefficient (Wildman–Crippen LogP) is 1.02. The molecule has 0 radical (unpaired) electrons. The molecule has 1 unspecified atom stereocenters. The number of hydrogen-bond donors (Lipinski definition) is 1. The Kier molecular flexibility index (Phi) is 4.01. The maximum Gasteiger partial charge on any atom is 0.162 e. The second-order valence-corrected chi connectivity index (χ2v) is 7.13. The van der Waals surface area contributed by atoms with Crippen LogP contribution in [0.5, 0.6) is 11.5 Å². The quantitative estimate of drug-likeness (QED) is 0.898. The van der Waals surface area contributed by atoms with E-state index in [9.17, 15) is 13.5 Å². The molecule has 1 heterocycles. The van der Waals surface area contributed by atoms with E-state index in [2.05, 4.69) is 4.90 Å². The summed E-state index contributed by atoms with van der Waals surface area (Å²) in [7, 11) is -1.40. The van der Waals surface area contributed by atoms with Crippen LogP contribution in [-0.4, -0.2) is 49.6 Å². The molecule has 0 aliphatic carbocycles. The van der Waals surface area contributed by atoms with Crippen molar-refractivity contribution in [1.82, 2.24) is 4.90 Å². The molecule has 0 saturated carbocycles. The first-order valence-electron chi connectivity index (χ1n) is 6.22. The first-order valence-corrected chi connectivity index (χ1v) is 8.04. The van der Waals surface area contributed by atoms with Crippen LogP contribution in [0.25, 0.3) is 0 Å². The van der Waals surface area contributed by atoms with Crippen LogP contribution in [0.15, 0.2) is 18.2 Å². The molecule has 106 valence electrons. The monoisotopic (exact) mass is 285 g/mol. The zero-order chi connectivity index (χ0) is 14.0. The van der Waals surface area contributed by atoms with Crippen molar-refractivity contribution in [1.29, 1.82) is 0 Å². The SMILES string of the molecule is COc1cccc(CN2CCS(=O)(=O)CC2C)c1O. The van der Waals surface area contributed by atoms with E-state index in [1.165, 1.54) is 7.11 Å². The highest BCUT2D eigenvalue weighted by Crippen LogP contribution is 2.31. The van der Waals surface area contributed by atoms with Crippen molar-refractivity contribution >= 4 is 9.84 Å². The average Bonchev–Trinajstić information content (AvgIpc) is 2.34. The number of rotatable bonds is 3. The van der Waals surface area contributed by atoms with Crippen LogP contribution in [0.4, 0.5) is 0 Å². The molecular formula is C13H19NO4S. The van der Waals surface area contributed by atoms with E-state index < -0.39 is 9.84 Å². The summed E-state index contributed by atoms with van der Waals surface area (Å²) in [4.78, 5) is 2.07. The van der Waals surface area contributed by atoms with Gasteiger partial charge in [-0.15, -0.1) is 0 Å². The molecule has 5 nitrogen and oxygen atoms in total. The fourth-order valence-electron chi connectivity index (χ4n) is 2.35. The first-order chi connectivity index (χ1) is 8.93. The van der Waals surface area contributed by atoms with E-state index in [1.54, 1.807) is 6.07 Å². The van der Waals surface area contributed by atoms with Crippen molar-refractivity contribution in [2.45, 2.75) is 19.5 Å². The normalized spacial score (nSPS) is 23.2. The second-order valence-electron chi connectivity index (χ2n) is 4.90. The Bertz CT molecular complexity index is 556. The Morgan fingerprint density at radius 2 is 2.21 bits per heavy atom. The van der Waals surface area contributed by atoms with Gasteiger partial charge in [0.15, 0.2) is 21.3 Å². The molecule has 0 aromatic heterocycles. The molecule has 0 spiro atoms. The summed E-state index contributed by atoms with van der Waals surface area (Å²) in [5.41, 5.74) is 0.755. The standard InChI is InChI=1S/C13H19NO4S/c1-10-9-19(16,17)7-6-14(10)8-11-4-3-5-12(18-2)13(11)15/h3-5,10,15H,6-9H2,1-2H3. The van der Waals surface area contributed by atoms with Gasteiger partial charge in [0, 0.05) is 24.7 Å². The lowest BCUT2D eigenvalue weighted by atomic mass is 10.1. The van der Waals surface area contributed by atoms with Crippen LogP contribution in [0.2, 0.25) is 0 Å². The third kappa shape index (κ3) is 3.19. The Labute approximate surface area is 113 Å². The molecule has 1 aromatic rings. The number of phenols is 1. The van der Waals surface area contributed by atoms with E-state index in [4.69, 9.17) is 4.74 Å². The molecule has 0 amide bonds. The minimum atomic E-state index is -2.91. The van der Waals surface area contributed by atoms with Gasteiger partial charge in [0.2, 0.25) is 0 Å². The molecule has 1 saturated heterocycles. The summed E-state index contributed by atoms with van der Waals surface area (Å²) in [6.45, 7) is 2.92. The highest BCUT2D eigenvalue weighted by molar-refractivity contribution is 7.91. The topological polar surface area (TPSA) is 66.8 Å². The van der Waals surface area contributed by atoms with Crippen LogP contribution < -0.4 is 4.74 Å². The zero-order valence-corrected chi connectivity index (χ0v) is 12.0. The Balaban J connectivity index is 2.14. The largest absolute Gasteiger partial charge is 0.504 e. The van der Waals surface area contributed by atoms with Crippen LogP contribution in [0.3, 0.4) is 0 Å². The summed E-state index contributed by atoms with van der Waals surface area (Å²) in [5, 5.41) is 10.0. The van der Waals surface area contributed by atoms with Crippen LogP contribution >= 0.6 is 0 Å². The molecule has 1 fully saturated rings. The number of ether oxygens (including phenoxy) is 1. The molecule has 1 aromatic carbocycles. The summed E-state index contributed by atoms with van der Waals surface area (Å²) in [6.07, 6.45) is 0. The van der Waals surface area contributed by atoms with Gasteiger partial charge in [-0.25, -0.2) is 8.42 Å². The molecule has 1 aliphatic heterocycles. The van der Waals surface area contributed by atoms with Gasteiger partial charge in [-0.1, -0.05) is 12.1 Å². The van der Waals surface area contributed by atoms with Gasteiger partial charge >= 0.3 is 0 Å². The molecule has 1 aliphatic rings. The van der Waals surface area contributed by atoms with E-state index >= 15 is 0 Å². The molecule has 1 atom stereocenters. The van der Waals surface area contributed by atoms with Gasteiger partial charge in [0.05, 0.1) is 18.6 Å². The minimum absolute atomic E-state index is 0.0376. The summed E-state index contributed by atoms with van der Waals surface area (Å²) >= 11 is 0. The lowest BCUT2D eigenvalue weighted by Crippen LogP contribution is -2.46. The summed E-state index contributed by atoms with van der Waals surface area (Å²) in [5.74, 6) is 0.931. The second kappa shape index (κ2) is 5.38. The average molecular weight is 285 g/mol. The van der Waals surface area contributed by atoms with Crippen molar-refractivity contribution in [3.8, 4) is 11.5 Å². The summed E-state index contributed by atoms with van der Waals surface area (Å²) < 4.78 is 28.1. The fourth-order valence-corrected chi connectivity index (χ4v) is 3.97. The number of methoxy groups -OCH3 is 1. The van der Waals surface area contributed by atoms with Gasteiger partial charge in [-0.2, -0.15) is 0 Å². The Morgan fingerprint density at radius 1 is 1.47 bits per heavy atom. The Hall–Kier alpha value is -1.27. The van der Waals surface area contributed by atoms with E-state index in [0.29, 0.717) is 18.8 Å². The van der Waals surface area contributed by atoms with Gasteiger partial charge in [-0.05, 0) is 13.0 Å². The number of para-hydroxylation sites is 1. The number of nitrogens with zero attached hydrogens (tertiary/aromatic N) is 1. The van der Waals surface area contributed by atoms with Gasteiger partial charge in [0.1, 0.15) is 0 Å². The smallest absolute Gasteiger partial charge is 0.162 e. The van der Waals surface area contributed by atoms with Crippen molar-refractivity contribution in [2.75, 3.05) is 25.2 Å². The maximum atomic E-state index is 11.5. The number of phenolic OH excluding ortho intramolecular Hbond substituents is 1. The van der Waals surface area contributed by atoms with Crippen LogP contribution in [-0.2, 0) is 16.4 Å². The molecule has 2 rings (SSSR count). The van der Waals surface area contributed by atoms with E-state index in [1.807, 2.05) is 19.1 Å². The van der Waals surface area contributed by atoms with Gasteiger partial charge < -0.3 is 9.84 Å². The van der Waals surface area contributed by atoms with Crippen molar-refractivity contribution in [3.05, 3.63) is 23.8 Å². The van der Waals surface area contributed by atoms with Gasteiger partial charge in [-0.3, -0.25) is 4.90 Å². The predicted molar refractivity (Wildman–Crippen MR) is 73.2 cm³/mol. The highest BCUT2D eigenvalue weighted by atomic mass is 32.2. The first kappa shape index (κ1) is 14.1. The molecular weight excluding hydrogens is 266 g/mol. The Morgan fingerprint density at radius 3 is 2.84 bits per heavy atom. The van der Waals surface area contributed by atoms with Gasteiger partial charge in [0.25, 0.3) is 0 Å². The third-order valence-electron chi connectivity index (χ3n) is 3.48. The van der Waals surface area contributed by atoms with Crippen molar-refractivity contribution < 1.29 is 18.3 Å². The summed E-state index contributed by atoms with van der Waals surface area (Å²) in [6, 6.07) is 5.31. The molecule has 6 heteroatoms. The van der Waals surface area contributed by atoms with Crippen LogP contribution in [0, 0.1) is 0 Å². The molecule has 1 N–H and O–H groups in total. The molecule has 19 heavy (non-hydrogen) atoms. The molecule has 0 bridgehead atoms. The number of aromatic hydroxyl groups is 1. The fraction of sp³-hybridized carbons (Fsp3) is 0.538. The van der Waals surface area contributed by atoms with E-state index in [0.717, 1.165) is 5.56 Å². The third-order valence-corrected chi connectivity index (χ3v) is 5.28. The number of sulfone groups is 1. The van der Waals surface area contributed by atoms with Crippen LogP contribution in [0.1, 0.15) is 12.5 Å². The van der Waals surface area contributed by atoms with Crippen molar-refractivity contribution in [2.24, 2.45) is 0 Å². The van der Waals surface area contributed by atoms with Crippen molar-refractivity contribution in [3.63, 3.8) is 0 Å². The number of benzene rings is 1. The van der Waals surface area contributed by atoms with E-state index in [-0.39, 0.29) is 23.3 Å².